The molecular weight excluding hydrogens is 324 g/mol. The first kappa shape index (κ1) is 14.2. The van der Waals surface area contributed by atoms with Crippen LogP contribution >= 0.6 is 15.9 Å². The SMILES string of the molecule is Cc1ccc(CC(N)c2nc3ccccc3cc2Br)cc1. The number of para-hydroxylation sites is 1. The van der Waals surface area contributed by atoms with E-state index in [9.17, 15) is 0 Å². The Labute approximate surface area is 133 Å². The molecule has 1 aromatic heterocycles. The molecular formula is C18H17BrN2. The molecule has 1 atom stereocenters. The highest BCUT2D eigenvalue weighted by atomic mass is 79.9. The fraction of sp³-hybridized carbons (Fsp3) is 0.167. The minimum absolute atomic E-state index is 0.119. The highest BCUT2D eigenvalue weighted by molar-refractivity contribution is 9.10. The van der Waals surface area contributed by atoms with Gasteiger partial charge >= 0.3 is 0 Å². The van der Waals surface area contributed by atoms with Crippen LogP contribution in [0.3, 0.4) is 0 Å². The van der Waals surface area contributed by atoms with Gasteiger partial charge in [-0.2, -0.15) is 0 Å². The maximum Gasteiger partial charge on any atom is 0.0723 e. The summed E-state index contributed by atoms with van der Waals surface area (Å²) in [5, 5.41) is 1.12. The van der Waals surface area contributed by atoms with Crippen LogP contribution in [0.25, 0.3) is 10.9 Å². The second-order valence-electron chi connectivity index (χ2n) is 5.34. The summed E-state index contributed by atoms with van der Waals surface area (Å²) in [4.78, 5) is 4.72. The molecule has 0 saturated heterocycles. The average Bonchev–Trinajstić information content (AvgIpc) is 2.49. The van der Waals surface area contributed by atoms with Crippen LogP contribution in [0.5, 0.6) is 0 Å². The van der Waals surface area contributed by atoms with E-state index in [1.165, 1.54) is 11.1 Å². The number of pyridine rings is 1. The van der Waals surface area contributed by atoms with E-state index in [2.05, 4.69) is 59.3 Å². The fourth-order valence-electron chi connectivity index (χ4n) is 2.44. The van der Waals surface area contributed by atoms with Crippen LogP contribution in [0, 0.1) is 6.92 Å². The lowest BCUT2D eigenvalue weighted by Crippen LogP contribution is -2.15. The minimum atomic E-state index is -0.119. The first-order chi connectivity index (χ1) is 10.1. The highest BCUT2D eigenvalue weighted by Crippen LogP contribution is 2.26. The van der Waals surface area contributed by atoms with Crippen molar-refractivity contribution in [2.45, 2.75) is 19.4 Å². The Morgan fingerprint density at radius 2 is 1.81 bits per heavy atom. The van der Waals surface area contributed by atoms with Gasteiger partial charge in [0.25, 0.3) is 0 Å². The molecule has 0 amide bonds. The molecule has 106 valence electrons. The van der Waals surface area contributed by atoms with Gasteiger partial charge in [-0.3, -0.25) is 0 Å². The van der Waals surface area contributed by atoms with Crippen LogP contribution in [0.1, 0.15) is 22.9 Å². The third-order valence-corrected chi connectivity index (χ3v) is 4.27. The lowest BCUT2D eigenvalue weighted by atomic mass is 10.0. The molecule has 0 bridgehead atoms. The summed E-state index contributed by atoms with van der Waals surface area (Å²) in [5.74, 6) is 0. The lowest BCUT2D eigenvalue weighted by Gasteiger charge is -2.14. The zero-order chi connectivity index (χ0) is 14.8. The molecule has 21 heavy (non-hydrogen) atoms. The summed E-state index contributed by atoms with van der Waals surface area (Å²) in [6.45, 7) is 2.09. The Balaban J connectivity index is 1.91. The molecule has 3 heteroatoms. The number of halogens is 1. The summed E-state index contributed by atoms with van der Waals surface area (Å²) >= 11 is 3.60. The van der Waals surface area contributed by atoms with Crippen LogP contribution in [0.4, 0.5) is 0 Å². The molecule has 2 aromatic carbocycles. The van der Waals surface area contributed by atoms with Gasteiger partial charge < -0.3 is 5.73 Å². The van der Waals surface area contributed by atoms with E-state index >= 15 is 0 Å². The standard InChI is InChI=1S/C18H17BrN2/c1-12-6-8-13(9-7-12)10-16(20)18-15(19)11-14-4-2-3-5-17(14)21-18/h2-9,11,16H,10,20H2,1H3. The van der Waals surface area contributed by atoms with E-state index in [0.717, 1.165) is 27.5 Å². The molecule has 0 fully saturated rings. The number of nitrogens with zero attached hydrogens (tertiary/aromatic N) is 1. The predicted octanol–water partition coefficient (Wildman–Crippen LogP) is 4.55. The van der Waals surface area contributed by atoms with E-state index in [-0.39, 0.29) is 6.04 Å². The molecule has 0 saturated carbocycles. The van der Waals surface area contributed by atoms with Crippen LogP contribution in [-0.2, 0) is 6.42 Å². The van der Waals surface area contributed by atoms with E-state index in [1.807, 2.05) is 18.2 Å². The molecule has 1 unspecified atom stereocenters. The van der Waals surface area contributed by atoms with E-state index < -0.39 is 0 Å². The largest absolute Gasteiger partial charge is 0.322 e. The van der Waals surface area contributed by atoms with Crippen molar-refractivity contribution in [1.29, 1.82) is 0 Å². The van der Waals surface area contributed by atoms with Gasteiger partial charge in [0.05, 0.1) is 17.3 Å². The Morgan fingerprint density at radius 1 is 1.10 bits per heavy atom. The van der Waals surface area contributed by atoms with E-state index in [0.29, 0.717) is 0 Å². The fourth-order valence-corrected chi connectivity index (χ4v) is 3.07. The van der Waals surface area contributed by atoms with Gasteiger partial charge in [0, 0.05) is 9.86 Å². The quantitative estimate of drug-likeness (QED) is 0.759. The summed E-state index contributed by atoms with van der Waals surface area (Å²) in [6, 6.07) is 18.6. The molecule has 0 aliphatic carbocycles. The van der Waals surface area contributed by atoms with E-state index in [4.69, 9.17) is 10.7 Å². The van der Waals surface area contributed by atoms with Gasteiger partial charge in [0.15, 0.2) is 0 Å². The van der Waals surface area contributed by atoms with Crippen molar-refractivity contribution in [3.05, 3.63) is 75.9 Å². The highest BCUT2D eigenvalue weighted by Gasteiger charge is 2.13. The number of rotatable bonds is 3. The number of aromatic nitrogens is 1. The first-order valence-corrected chi connectivity index (χ1v) is 7.79. The van der Waals surface area contributed by atoms with Gasteiger partial charge in [-0.1, -0.05) is 48.0 Å². The third-order valence-electron chi connectivity index (χ3n) is 3.63. The first-order valence-electron chi connectivity index (χ1n) is 7.00. The molecule has 3 rings (SSSR count). The molecule has 1 heterocycles. The molecule has 2 N–H and O–H groups in total. The van der Waals surface area contributed by atoms with Crippen molar-refractivity contribution in [3.8, 4) is 0 Å². The second-order valence-corrected chi connectivity index (χ2v) is 6.20. The number of benzene rings is 2. The maximum atomic E-state index is 6.36. The average molecular weight is 341 g/mol. The van der Waals surface area contributed by atoms with E-state index in [1.54, 1.807) is 0 Å². The summed E-state index contributed by atoms with van der Waals surface area (Å²) < 4.78 is 0.973. The van der Waals surface area contributed by atoms with Crippen LogP contribution in [0.15, 0.2) is 59.1 Å². The van der Waals surface area contributed by atoms with Crippen LogP contribution < -0.4 is 5.73 Å². The maximum absolute atomic E-state index is 6.36. The molecule has 3 aromatic rings. The number of fused-ring (bicyclic) bond motifs is 1. The van der Waals surface area contributed by atoms with Crippen LogP contribution in [0.2, 0.25) is 0 Å². The van der Waals surface area contributed by atoms with Crippen molar-refractivity contribution in [2.24, 2.45) is 5.73 Å². The Hall–Kier alpha value is -1.71. The van der Waals surface area contributed by atoms with Gasteiger partial charge in [-0.15, -0.1) is 0 Å². The topological polar surface area (TPSA) is 38.9 Å². The summed E-state index contributed by atoms with van der Waals surface area (Å²) in [6.07, 6.45) is 0.782. The van der Waals surface area contributed by atoms with Crippen molar-refractivity contribution in [3.63, 3.8) is 0 Å². The Morgan fingerprint density at radius 3 is 2.57 bits per heavy atom. The number of hydrogen-bond donors (Lipinski definition) is 1. The van der Waals surface area contributed by atoms with Crippen molar-refractivity contribution >= 4 is 26.8 Å². The summed E-state index contributed by atoms with van der Waals surface area (Å²) in [5.41, 5.74) is 10.8. The molecule has 0 aliphatic rings. The zero-order valence-corrected chi connectivity index (χ0v) is 13.5. The molecule has 0 spiro atoms. The minimum Gasteiger partial charge on any atom is -0.322 e. The third kappa shape index (κ3) is 3.14. The van der Waals surface area contributed by atoms with Crippen molar-refractivity contribution in [2.75, 3.05) is 0 Å². The van der Waals surface area contributed by atoms with Gasteiger partial charge in [0.1, 0.15) is 0 Å². The normalized spacial score (nSPS) is 12.5. The van der Waals surface area contributed by atoms with Gasteiger partial charge in [-0.05, 0) is 47.0 Å². The second kappa shape index (κ2) is 5.96. The van der Waals surface area contributed by atoms with Gasteiger partial charge in [-0.25, -0.2) is 4.98 Å². The van der Waals surface area contributed by atoms with Crippen LogP contribution in [-0.4, -0.2) is 4.98 Å². The predicted molar refractivity (Wildman–Crippen MR) is 91.3 cm³/mol. The van der Waals surface area contributed by atoms with Gasteiger partial charge in [0.2, 0.25) is 0 Å². The molecule has 2 nitrogen and oxygen atoms in total. The summed E-state index contributed by atoms with van der Waals surface area (Å²) in [7, 11) is 0. The number of aryl methyl sites for hydroxylation is 1. The Bertz CT molecular complexity index is 766. The smallest absolute Gasteiger partial charge is 0.0723 e. The molecule has 0 aliphatic heterocycles. The monoisotopic (exact) mass is 340 g/mol. The number of nitrogens with two attached hydrogens (primary N) is 1. The lowest BCUT2D eigenvalue weighted by molar-refractivity contribution is 0.696. The zero-order valence-electron chi connectivity index (χ0n) is 11.9. The molecule has 0 radical (unpaired) electrons. The van der Waals surface area contributed by atoms with Crippen molar-refractivity contribution in [1.82, 2.24) is 4.98 Å². The van der Waals surface area contributed by atoms with Crippen molar-refractivity contribution < 1.29 is 0 Å². The number of hydrogen-bond acceptors (Lipinski definition) is 2. The Kier molecular flexibility index (Phi) is 4.04.